The number of nitrogens with zero attached hydrogens (tertiary/aromatic N) is 3. The van der Waals surface area contributed by atoms with E-state index >= 15 is 0 Å². The molecule has 2 N–H and O–H groups in total. The predicted molar refractivity (Wildman–Crippen MR) is 106 cm³/mol. The number of carbonyl (C=O) groups excluding carboxylic acids is 1. The molecular weight excluding hydrogens is 358 g/mol. The maximum Gasteiger partial charge on any atom is 0.255 e. The van der Waals surface area contributed by atoms with Gasteiger partial charge in [-0.05, 0) is 45.4 Å². The first-order valence-corrected chi connectivity index (χ1v) is 9.03. The van der Waals surface area contributed by atoms with Crippen molar-refractivity contribution in [3.05, 3.63) is 63.2 Å². The maximum absolute atomic E-state index is 12.5. The number of ether oxygens (including phenoxy) is 1. The first-order chi connectivity index (χ1) is 13.4. The lowest BCUT2D eigenvalue weighted by atomic mass is 10.1. The summed E-state index contributed by atoms with van der Waals surface area (Å²) in [4.78, 5) is 31.6. The molecule has 0 radical (unpaired) electrons. The topological polar surface area (TPSA) is 102 Å². The van der Waals surface area contributed by atoms with E-state index in [9.17, 15) is 9.59 Å². The molecule has 146 valence electrons. The lowest BCUT2D eigenvalue weighted by molar-refractivity contribution is -0.115. The lowest BCUT2D eigenvalue weighted by Crippen LogP contribution is -2.21. The highest BCUT2D eigenvalue weighted by atomic mass is 16.5. The smallest absolute Gasteiger partial charge is 0.255 e. The van der Waals surface area contributed by atoms with Crippen LogP contribution in [0.2, 0.25) is 0 Å². The third kappa shape index (κ3) is 4.28. The molecule has 0 aliphatic heterocycles. The molecule has 0 saturated heterocycles. The summed E-state index contributed by atoms with van der Waals surface area (Å²) < 4.78 is 6.84. The number of H-pyrrole nitrogens is 1. The Morgan fingerprint density at radius 3 is 2.57 bits per heavy atom. The van der Waals surface area contributed by atoms with E-state index < -0.39 is 0 Å². The van der Waals surface area contributed by atoms with E-state index in [4.69, 9.17) is 4.74 Å². The molecule has 1 amide bonds. The molecule has 3 rings (SSSR count). The number of amides is 1. The third-order valence-electron chi connectivity index (χ3n) is 4.28. The van der Waals surface area contributed by atoms with Crippen molar-refractivity contribution >= 4 is 11.7 Å². The fourth-order valence-electron chi connectivity index (χ4n) is 2.72. The number of aromatic amines is 1. The summed E-state index contributed by atoms with van der Waals surface area (Å²) in [7, 11) is 0. The molecule has 1 aromatic carbocycles. The van der Waals surface area contributed by atoms with Gasteiger partial charge in [-0.1, -0.05) is 12.1 Å². The number of aromatic nitrogens is 4. The molecule has 2 aromatic heterocycles. The van der Waals surface area contributed by atoms with Crippen molar-refractivity contribution in [2.24, 2.45) is 0 Å². The number of benzene rings is 1. The van der Waals surface area contributed by atoms with Crippen molar-refractivity contribution in [2.45, 2.75) is 34.1 Å². The minimum atomic E-state index is -0.234. The molecule has 0 atom stereocenters. The van der Waals surface area contributed by atoms with Gasteiger partial charge < -0.3 is 10.1 Å². The molecule has 0 unspecified atom stereocenters. The van der Waals surface area contributed by atoms with Crippen LogP contribution in [-0.4, -0.2) is 32.3 Å². The second kappa shape index (κ2) is 8.08. The molecule has 0 spiro atoms. The van der Waals surface area contributed by atoms with Crippen molar-refractivity contribution in [3.8, 4) is 11.7 Å². The van der Waals surface area contributed by atoms with Gasteiger partial charge in [0.15, 0.2) is 0 Å². The number of rotatable bonds is 6. The first kappa shape index (κ1) is 19.3. The van der Waals surface area contributed by atoms with E-state index in [2.05, 4.69) is 20.4 Å². The largest absolute Gasteiger partial charge is 0.494 e. The lowest BCUT2D eigenvalue weighted by Gasteiger charge is -2.10. The summed E-state index contributed by atoms with van der Waals surface area (Å²) in [6, 6.07) is 9.12. The summed E-state index contributed by atoms with van der Waals surface area (Å²) in [6.45, 7) is 7.78. The molecule has 0 fully saturated rings. The van der Waals surface area contributed by atoms with Crippen molar-refractivity contribution in [1.82, 2.24) is 19.7 Å². The van der Waals surface area contributed by atoms with Crippen molar-refractivity contribution < 1.29 is 9.53 Å². The van der Waals surface area contributed by atoms with Gasteiger partial charge in [-0.25, -0.2) is 4.98 Å². The van der Waals surface area contributed by atoms with Crippen molar-refractivity contribution in [3.63, 3.8) is 0 Å². The SMILES string of the molecule is CCOc1ccc(CC(=O)Nc2cc(C)nn2-c2nc(C)c(C)c(=O)[nH]2)cc1. The van der Waals surface area contributed by atoms with E-state index in [1.54, 1.807) is 26.8 Å². The Bertz CT molecular complexity index is 1050. The van der Waals surface area contributed by atoms with Gasteiger partial charge in [0.2, 0.25) is 11.9 Å². The quantitative estimate of drug-likeness (QED) is 0.683. The number of hydrogen-bond acceptors (Lipinski definition) is 5. The van der Waals surface area contributed by atoms with Crippen molar-refractivity contribution in [1.29, 1.82) is 0 Å². The molecule has 0 aliphatic rings. The second-order valence-electron chi connectivity index (χ2n) is 6.48. The van der Waals surface area contributed by atoms with Crippen LogP contribution in [0.3, 0.4) is 0 Å². The van der Waals surface area contributed by atoms with Gasteiger partial charge in [0, 0.05) is 17.3 Å². The number of carbonyl (C=O) groups is 1. The van der Waals surface area contributed by atoms with Crippen LogP contribution in [0, 0.1) is 20.8 Å². The molecule has 8 nitrogen and oxygen atoms in total. The van der Waals surface area contributed by atoms with E-state index in [-0.39, 0.29) is 23.8 Å². The molecule has 0 saturated carbocycles. The molecule has 2 heterocycles. The first-order valence-electron chi connectivity index (χ1n) is 9.03. The van der Waals surface area contributed by atoms with E-state index in [1.165, 1.54) is 4.68 Å². The number of nitrogens with one attached hydrogen (secondary N) is 2. The van der Waals surface area contributed by atoms with Gasteiger partial charge >= 0.3 is 0 Å². The maximum atomic E-state index is 12.5. The summed E-state index contributed by atoms with van der Waals surface area (Å²) in [5, 5.41) is 7.18. The Morgan fingerprint density at radius 2 is 1.93 bits per heavy atom. The average molecular weight is 381 g/mol. The molecular formula is C20H23N5O3. The van der Waals surface area contributed by atoms with Crippen LogP contribution < -0.4 is 15.6 Å². The number of hydrogen-bond donors (Lipinski definition) is 2. The highest BCUT2D eigenvalue weighted by molar-refractivity contribution is 5.91. The number of aryl methyl sites for hydroxylation is 2. The Hall–Kier alpha value is -3.42. The van der Waals surface area contributed by atoms with Crippen LogP contribution >= 0.6 is 0 Å². The molecule has 28 heavy (non-hydrogen) atoms. The highest BCUT2D eigenvalue weighted by Crippen LogP contribution is 2.16. The van der Waals surface area contributed by atoms with Crippen LogP contribution in [0.15, 0.2) is 35.1 Å². The van der Waals surface area contributed by atoms with Crippen LogP contribution in [0.4, 0.5) is 5.82 Å². The average Bonchev–Trinajstić information content (AvgIpc) is 3.01. The van der Waals surface area contributed by atoms with Gasteiger partial charge in [-0.3, -0.25) is 14.6 Å². The monoisotopic (exact) mass is 381 g/mol. The fraction of sp³-hybridized carbons (Fsp3) is 0.300. The van der Waals surface area contributed by atoms with Gasteiger partial charge in [-0.2, -0.15) is 9.78 Å². The summed E-state index contributed by atoms with van der Waals surface area (Å²) in [5.74, 6) is 1.28. The minimum Gasteiger partial charge on any atom is -0.494 e. The molecule has 3 aromatic rings. The van der Waals surface area contributed by atoms with Gasteiger partial charge in [-0.15, -0.1) is 0 Å². The Kier molecular flexibility index (Phi) is 5.58. The Balaban J connectivity index is 1.79. The third-order valence-corrected chi connectivity index (χ3v) is 4.28. The van der Waals surface area contributed by atoms with Gasteiger partial charge in [0.1, 0.15) is 11.6 Å². The van der Waals surface area contributed by atoms with Crippen molar-refractivity contribution in [2.75, 3.05) is 11.9 Å². The standard InChI is InChI=1S/C20H23N5O3/c1-5-28-16-8-6-15(7-9-16)11-18(26)22-17-10-12(2)24-25(17)20-21-14(4)13(3)19(27)23-20/h6-10H,5,11H2,1-4H3,(H,22,26)(H,21,23,27). The summed E-state index contributed by atoms with van der Waals surface area (Å²) >= 11 is 0. The second-order valence-corrected chi connectivity index (χ2v) is 6.48. The minimum absolute atomic E-state index is 0.198. The fourth-order valence-corrected chi connectivity index (χ4v) is 2.72. The molecule has 0 bridgehead atoms. The molecule has 0 aliphatic carbocycles. The summed E-state index contributed by atoms with van der Waals surface area (Å²) in [6.07, 6.45) is 0.202. The number of anilines is 1. The van der Waals surface area contributed by atoms with Gasteiger partial charge in [0.05, 0.1) is 18.7 Å². The van der Waals surface area contributed by atoms with E-state index in [1.807, 2.05) is 31.2 Å². The Labute approximate surface area is 162 Å². The zero-order valence-electron chi connectivity index (χ0n) is 16.4. The van der Waals surface area contributed by atoms with E-state index in [0.29, 0.717) is 29.4 Å². The van der Waals surface area contributed by atoms with Crippen LogP contribution in [0.1, 0.15) is 29.4 Å². The van der Waals surface area contributed by atoms with Crippen LogP contribution in [0.25, 0.3) is 5.95 Å². The van der Waals surface area contributed by atoms with Gasteiger partial charge in [0.25, 0.3) is 5.56 Å². The summed E-state index contributed by atoms with van der Waals surface area (Å²) in [5.41, 5.74) is 2.48. The van der Waals surface area contributed by atoms with Crippen LogP contribution in [-0.2, 0) is 11.2 Å². The zero-order chi connectivity index (χ0) is 20.3. The zero-order valence-corrected chi connectivity index (χ0v) is 16.4. The normalized spacial score (nSPS) is 10.7. The Morgan fingerprint density at radius 1 is 1.21 bits per heavy atom. The van der Waals surface area contributed by atoms with Crippen LogP contribution in [0.5, 0.6) is 5.75 Å². The highest BCUT2D eigenvalue weighted by Gasteiger charge is 2.14. The molecule has 8 heteroatoms. The predicted octanol–water partition coefficient (Wildman–Crippen LogP) is 2.46. The van der Waals surface area contributed by atoms with E-state index in [0.717, 1.165) is 11.3 Å².